The van der Waals surface area contributed by atoms with Crippen LogP contribution in [-0.2, 0) is 19.1 Å². The average Bonchev–Trinajstić information content (AvgIpc) is 3.41. The molecule has 0 bridgehead atoms. The van der Waals surface area contributed by atoms with Gasteiger partial charge in [0.25, 0.3) is 11.8 Å². The molecule has 0 aromatic carbocycles. The molecule has 1 saturated heterocycles. The van der Waals surface area contributed by atoms with E-state index in [0.29, 0.717) is 0 Å². The first-order valence-electron chi connectivity index (χ1n) is 10.9. The van der Waals surface area contributed by atoms with Crippen LogP contribution in [0.25, 0.3) is 0 Å². The van der Waals surface area contributed by atoms with Gasteiger partial charge in [-0.05, 0) is 0 Å². The first kappa shape index (κ1) is 24.2. The molecule has 0 saturated carbocycles. The van der Waals surface area contributed by atoms with Crippen LogP contribution in [-0.4, -0.2) is 112 Å². The maximum Gasteiger partial charge on any atom is 0.407 e. The van der Waals surface area contributed by atoms with Gasteiger partial charge < -0.3 is 47.3 Å². The third kappa shape index (κ3) is 4.32. The van der Waals surface area contributed by atoms with Crippen LogP contribution in [0.1, 0.15) is 12.8 Å². The Morgan fingerprint density at radius 3 is 2.57 bits per heavy atom. The molecule has 3 atom stereocenters. The molecule has 9 N–H and O–H groups in total. The summed E-state index contributed by atoms with van der Waals surface area (Å²) in [5.74, 6) is -3.51. The van der Waals surface area contributed by atoms with Gasteiger partial charge in [-0.15, -0.1) is 0 Å². The van der Waals surface area contributed by atoms with Crippen molar-refractivity contribution in [2.24, 2.45) is 21.5 Å². The number of guanidine groups is 2. The fourth-order valence-electron chi connectivity index (χ4n) is 4.59. The highest BCUT2D eigenvalue weighted by atomic mass is 16.5. The summed E-state index contributed by atoms with van der Waals surface area (Å²) in [4.78, 5) is 57.9. The van der Waals surface area contributed by atoms with E-state index in [2.05, 4.69) is 25.9 Å². The van der Waals surface area contributed by atoms with E-state index < -0.39 is 47.3 Å². The summed E-state index contributed by atoms with van der Waals surface area (Å²) in [6.45, 7) is 0.0526. The van der Waals surface area contributed by atoms with Crippen LogP contribution in [0.15, 0.2) is 22.1 Å². The summed E-state index contributed by atoms with van der Waals surface area (Å²) in [6, 6.07) is -1.70. The highest BCUT2D eigenvalue weighted by molar-refractivity contribution is 6.13. The van der Waals surface area contributed by atoms with Crippen molar-refractivity contribution in [3.05, 3.63) is 12.2 Å². The molecule has 0 aromatic heterocycles. The Balaban J connectivity index is 1.21. The molecule has 4 amide bonds. The SMILES string of the molecule is NC1=N[C@H]2C(COC(=O)NCCNC(=O)CCN3C(=O)C=CC3=O)N=C(N)N3CCC(O)(O)[C@]23N1. The molecule has 1 unspecified atom stereocenters. The number of aliphatic imine (C=N–C) groups is 2. The van der Waals surface area contributed by atoms with Gasteiger partial charge in [-0.2, -0.15) is 0 Å². The van der Waals surface area contributed by atoms with E-state index in [1.807, 2.05) is 0 Å². The van der Waals surface area contributed by atoms with Gasteiger partial charge in [-0.1, -0.05) is 0 Å². The lowest BCUT2D eigenvalue weighted by molar-refractivity contribution is -0.221. The Kier molecular flexibility index (Phi) is 6.25. The van der Waals surface area contributed by atoms with E-state index in [-0.39, 0.29) is 57.5 Å². The molecular weight excluding hydrogens is 466 g/mol. The zero-order valence-corrected chi connectivity index (χ0v) is 18.6. The lowest BCUT2D eigenvalue weighted by Gasteiger charge is -2.48. The van der Waals surface area contributed by atoms with E-state index >= 15 is 0 Å². The highest BCUT2D eigenvalue weighted by Gasteiger charge is 2.69. The molecule has 1 spiro atoms. The summed E-state index contributed by atoms with van der Waals surface area (Å²) in [6.07, 6.45) is 1.40. The van der Waals surface area contributed by atoms with Crippen molar-refractivity contribution in [2.45, 2.75) is 36.4 Å². The van der Waals surface area contributed by atoms with E-state index in [4.69, 9.17) is 16.2 Å². The van der Waals surface area contributed by atoms with Crippen molar-refractivity contribution in [3.63, 3.8) is 0 Å². The first-order chi connectivity index (χ1) is 16.5. The van der Waals surface area contributed by atoms with E-state index in [0.717, 1.165) is 17.1 Å². The van der Waals surface area contributed by atoms with Gasteiger partial charge in [-0.25, -0.2) is 14.8 Å². The van der Waals surface area contributed by atoms with Crippen LogP contribution >= 0.6 is 0 Å². The third-order valence-electron chi connectivity index (χ3n) is 6.25. The standard InChI is InChI=1S/C19H27N9O7/c20-15-25-14-10(24-16(21)28-8-4-18(33,34)19(14,28)26-15)9-35-17(32)23-6-5-22-11(29)3-7-27-12(30)1-2-13(27)31/h1-2,10,14,33-34H,3-9H2,(H2,21,24)(H,22,29)(H,23,32)(H3,20,25,26)/t10?,14-,19-/m0/s1. The molecule has 4 rings (SSSR count). The van der Waals surface area contributed by atoms with Crippen molar-refractivity contribution in [3.8, 4) is 0 Å². The number of hydrogen-bond acceptors (Lipinski definition) is 13. The Labute approximate surface area is 199 Å². The number of rotatable bonds is 8. The number of hydrogen-bond donors (Lipinski definition) is 7. The van der Waals surface area contributed by atoms with Crippen molar-refractivity contribution in [2.75, 3.05) is 32.8 Å². The second kappa shape index (κ2) is 9.03. The highest BCUT2D eigenvalue weighted by Crippen LogP contribution is 2.44. The molecule has 16 heteroatoms. The van der Waals surface area contributed by atoms with Crippen LogP contribution < -0.4 is 27.4 Å². The second-order valence-corrected chi connectivity index (χ2v) is 8.41. The summed E-state index contributed by atoms with van der Waals surface area (Å²) >= 11 is 0. The van der Waals surface area contributed by atoms with Gasteiger partial charge in [-0.3, -0.25) is 19.3 Å². The molecule has 0 aromatic rings. The van der Waals surface area contributed by atoms with Gasteiger partial charge in [0.05, 0.1) is 0 Å². The number of nitrogens with one attached hydrogen (secondary N) is 3. The smallest absolute Gasteiger partial charge is 0.407 e. The Bertz CT molecular complexity index is 1010. The summed E-state index contributed by atoms with van der Waals surface area (Å²) in [7, 11) is 0. The van der Waals surface area contributed by atoms with Gasteiger partial charge in [0.15, 0.2) is 17.6 Å². The average molecular weight is 493 g/mol. The minimum absolute atomic E-state index is 0.0146. The zero-order valence-electron chi connectivity index (χ0n) is 18.6. The van der Waals surface area contributed by atoms with Gasteiger partial charge in [0, 0.05) is 51.2 Å². The van der Waals surface area contributed by atoms with Crippen molar-refractivity contribution < 1.29 is 34.1 Å². The number of amides is 4. The molecule has 0 aliphatic carbocycles. The van der Waals surface area contributed by atoms with Crippen LogP contribution in [0.5, 0.6) is 0 Å². The van der Waals surface area contributed by atoms with Gasteiger partial charge >= 0.3 is 6.09 Å². The van der Waals surface area contributed by atoms with Crippen LogP contribution in [0, 0.1) is 0 Å². The largest absolute Gasteiger partial charge is 0.447 e. The predicted octanol–water partition coefficient (Wildman–Crippen LogP) is -4.79. The molecule has 0 radical (unpaired) electrons. The van der Waals surface area contributed by atoms with E-state index in [1.54, 1.807) is 0 Å². The van der Waals surface area contributed by atoms with Gasteiger partial charge in [0.2, 0.25) is 11.7 Å². The van der Waals surface area contributed by atoms with Gasteiger partial charge in [0.1, 0.15) is 18.7 Å². The summed E-state index contributed by atoms with van der Waals surface area (Å²) in [5, 5.41) is 29.0. The molecule has 35 heavy (non-hydrogen) atoms. The number of nitrogens with two attached hydrogens (primary N) is 2. The Hall–Kier alpha value is -3.92. The number of ether oxygens (including phenoxy) is 1. The second-order valence-electron chi connectivity index (χ2n) is 8.41. The summed E-state index contributed by atoms with van der Waals surface area (Å²) < 4.78 is 5.20. The first-order valence-corrected chi connectivity index (χ1v) is 10.9. The maximum atomic E-state index is 12.1. The van der Waals surface area contributed by atoms with Crippen LogP contribution in [0.2, 0.25) is 0 Å². The quantitative estimate of drug-likeness (QED) is 0.0962. The number of alkyl carbamates (subject to hydrolysis) is 1. The Morgan fingerprint density at radius 2 is 1.86 bits per heavy atom. The monoisotopic (exact) mass is 493 g/mol. The number of carbonyl (C=O) groups excluding carboxylic acids is 4. The van der Waals surface area contributed by atoms with Crippen LogP contribution in [0.3, 0.4) is 0 Å². The maximum absolute atomic E-state index is 12.1. The molecule has 4 aliphatic heterocycles. The normalized spacial score (nSPS) is 28.2. The number of aliphatic hydroxyl groups is 2. The minimum atomic E-state index is -2.20. The van der Waals surface area contributed by atoms with E-state index in [1.165, 1.54) is 4.90 Å². The fourth-order valence-corrected chi connectivity index (χ4v) is 4.59. The molecule has 4 heterocycles. The predicted molar refractivity (Wildman–Crippen MR) is 118 cm³/mol. The molecule has 16 nitrogen and oxygen atoms in total. The molecule has 4 aliphatic rings. The lowest BCUT2D eigenvalue weighted by Crippen LogP contribution is -2.76. The minimum Gasteiger partial charge on any atom is -0.447 e. The van der Waals surface area contributed by atoms with Crippen LogP contribution in [0.4, 0.5) is 4.79 Å². The Morgan fingerprint density at radius 1 is 1.17 bits per heavy atom. The topological polar surface area (TPSA) is 237 Å². The molecular formula is C19H27N9O7. The van der Waals surface area contributed by atoms with Crippen molar-refractivity contribution in [1.82, 2.24) is 25.8 Å². The fraction of sp³-hybridized carbons (Fsp3) is 0.579. The number of imide groups is 1. The number of nitrogens with zero attached hydrogens (tertiary/aromatic N) is 4. The molecule has 190 valence electrons. The van der Waals surface area contributed by atoms with Crippen molar-refractivity contribution >= 4 is 35.7 Å². The van der Waals surface area contributed by atoms with E-state index in [9.17, 15) is 29.4 Å². The third-order valence-corrected chi connectivity index (χ3v) is 6.25. The summed E-state index contributed by atoms with van der Waals surface area (Å²) in [5.41, 5.74) is 10.3. The zero-order chi connectivity index (χ0) is 25.4. The molecule has 1 fully saturated rings. The lowest BCUT2D eigenvalue weighted by atomic mass is 9.87. The number of carbonyl (C=O) groups is 4. The van der Waals surface area contributed by atoms with Crippen molar-refractivity contribution in [1.29, 1.82) is 0 Å².